The van der Waals surface area contributed by atoms with Crippen LogP contribution in [0.1, 0.15) is 115 Å². The molecule has 0 saturated heterocycles. The number of hydrogen-bond donors (Lipinski definition) is 3. The predicted molar refractivity (Wildman–Crippen MR) is 180 cm³/mol. The van der Waals surface area contributed by atoms with Gasteiger partial charge in [0.25, 0.3) is 0 Å². The van der Waals surface area contributed by atoms with Gasteiger partial charge in [0, 0.05) is 45.7 Å². The lowest BCUT2D eigenvalue weighted by molar-refractivity contribution is 0.710. The summed E-state index contributed by atoms with van der Waals surface area (Å²) in [5.74, 6) is 0. The Morgan fingerprint density at radius 2 is 1.29 bits per heavy atom. The minimum absolute atomic E-state index is 0.544. The zero-order valence-electron chi connectivity index (χ0n) is 27.3. The molecule has 2 aromatic heterocycles. The monoisotopic (exact) mass is 563 g/mol. The van der Waals surface area contributed by atoms with E-state index in [0.717, 1.165) is 79.9 Å². The Kier molecular flexibility index (Phi) is 8.50. The maximum atomic E-state index is 9.04. The highest BCUT2D eigenvalue weighted by Gasteiger charge is 2.28. The van der Waals surface area contributed by atoms with Crippen molar-refractivity contribution < 1.29 is 0 Å². The van der Waals surface area contributed by atoms with Crippen molar-refractivity contribution in [3.8, 4) is 0 Å². The fourth-order valence-electron chi connectivity index (χ4n) is 7.60. The number of fused-ring (bicyclic) bond motifs is 7. The molecule has 5 heterocycles. The van der Waals surface area contributed by atoms with Gasteiger partial charge in [0.05, 0.1) is 28.2 Å². The van der Waals surface area contributed by atoms with E-state index in [4.69, 9.17) is 10.4 Å². The molecule has 0 amide bonds. The van der Waals surface area contributed by atoms with Crippen LogP contribution < -0.4 is 16.0 Å². The first kappa shape index (κ1) is 29.9. The normalized spacial score (nSPS) is 16.6. The molecule has 222 valence electrons. The van der Waals surface area contributed by atoms with Gasteiger partial charge in [-0.25, -0.2) is 4.99 Å². The van der Waals surface area contributed by atoms with E-state index in [-0.39, 0.29) is 0 Å². The van der Waals surface area contributed by atoms with Crippen molar-refractivity contribution in [2.75, 3.05) is 0 Å². The van der Waals surface area contributed by atoms with Crippen molar-refractivity contribution in [1.82, 2.24) is 14.9 Å². The van der Waals surface area contributed by atoms with Crippen LogP contribution in [-0.2, 0) is 25.8 Å². The van der Waals surface area contributed by atoms with Gasteiger partial charge in [-0.2, -0.15) is 0 Å². The Bertz CT molecular complexity index is 1740. The largest absolute Gasteiger partial charge is 0.354 e. The number of aromatic amines is 1. The van der Waals surface area contributed by atoms with Gasteiger partial charge >= 0.3 is 0 Å². The number of aliphatic imine (C=N–C) groups is 1. The lowest BCUT2D eigenvalue weighted by Crippen LogP contribution is -2.32. The molecule has 0 unspecified atom stereocenters. The second-order valence-corrected chi connectivity index (χ2v) is 11.5. The summed E-state index contributed by atoms with van der Waals surface area (Å²) in [6, 6.07) is 0. The average Bonchev–Trinajstić information content (AvgIpc) is 3.76. The summed E-state index contributed by atoms with van der Waals surface area (Å²) in [4.78, 5) is 9.27. The fraction of sp³-hybridized carbons (Fsp3) is 0.459. The number of aromatic nitrogens is 2. The molecule has 3 aliphatic heterocycles. The third-order valence-corrected chi connectivity index (χ3v) is 9.52. The fourth-order valence-corrected chi connectivity index (χ4v) is 7.60. The average molecular weight is 564 g/mol. The highest BCUT2D eigenvalue weighted by molar-refractivity contribution is 6.26. The number of nitrogens with zero attached hydrogens (tertiary/aromatic N) is 2. The molecule has 5 heteroatoms. The van der Waals surface area contributed by atoms with Crippen molar-refractivity contribution in [2.24, 2.45) is 4.99 Å². The summed E-state index contributed by atoms with van der Waals surface area (Å²) in [5, 5.41) is 15.5. The van der Waals surface area contributed by atoms with Crippen LogP contribution in [0.25, 0.3) is 16.7 Å². The smallest absolute Gasteiger partial charge is 0.0799 e. The molecule has 0 spiro atoms. The van der Waals surface area contributed by atoms with E-state index in [1.54, 1.807) is 0 Å². The Labute approximate surface area is 252 Å². The highest BCUT2D eigenvalue weighted by Crippen LogP contribution is 2.35. The molecule has 0 aromatic carbocycles. The maximum absolute atomic E-state index is 9.04. The summed E-state index contributed by atoms with van der Waals surface area (Å²) in [6.45, 7) is 21.4. The van der Waals surface area contributed by atoms with Crippen molar-refractivity contribution in [2.45, 2.75) is 114 Å². The first-order valence-electron chi connectivity index (χ1n) is 16.3. The van der Waals surface area contributed by atoms with Gasteiger partial charge < -0.3 is 14.9 Å². The van der Waals surface area contributed by atoms with E-state index < -0.39 is 0 Å². The number of hydrogen-bond acceptors (Lipinski definition) is 3. The van der Waals surface area contributed by atoms with E-state index in [1.165, 1.54) is 61.1 Å². The van der Waals surface area contributed by atoms with Gasteiger partial charge in [0.1, 0.15) is 0 Å². The third-order valence-electron chi connectivity index (χ3n) is 9.52. The zero-order valence-corrected chi connectivity index (χ0v) is 27.3. The molecule has 5 rings (SSSR count). The summed E-state index contributed by atoms with van der Waals surface area (Å²) in [5.41, 5.74) is 17.7. The van der Waals surface area contributed by atoms with Crippen molar-refractivity contribution in [3.63, 3.8) is 0 Å². The lowest BCUT2D eigenvalue weighted by atomic mass is 9.96. The highest BCUT2D eigenvalue weighted by atomic mass is 15.0. The van der Waals surface area contributed by atoms with Crippen LogP contribution in [0.5, 0.6) is 0 Å². The Morgan fingerprint density at radius 3 is 1.83 bits per heavy atom. The topological polar surface area (TPSA) is 69.0 Å². The number of nitrogens with one attached hydrogen (secondary N) is 3. The summed E-state index contributed by atoms with van der Waals surface area (Å²) in [7, 11) is 0. The predicted octanol–water partition coefficient (Wildman–Crippen LogP) is 7.32. The SMILES string of the molecule is CCC1=C2C=CC(=N2)C(CC)=c2c(CC)c(CC)c(n2CC)=C(CC)c2[nH]c(c(C)c2CC)C(CC)=C2NC1=CC2=N. The van der Waals surface area contributed by atoms with Crippen molar-refractivity contribution in [3.05, 3.63) is 85.2 Å². The van der Waals surface area contributed by atoms with Crippen LogP contribution in [0.4, 0.5) is 0 Å². The molecule has 0 fully saturated rings. The van der Waals surface area contributed by atoms with E-state index in [9.17, 15) is 0 Å². The Hall–Kier alpha value is -3.60. The Balaban J connectivity index is 2.08. The lowest BCUT2D eigenvalue weighted by Gasteiger charge is -2.14. The molecule has 3 N–H and O–H groups in total. The van der Waals surface area contributed by atoms with Crippen LogP contribution >= 0.6 is 0 Å². The third kappa shape index (κ3) is 4.44. The van der Waals surface area contributed by atoms with E-state index in [2.05, 4.69) is 89.3 Å². The maximum Gasteiger partial charge on any atom is 0.0799 e. The van der Waals surface area contributed by atoms with Gasteiger partial charge in [-0.05, 0) is 105 Å². The molecule has 3 aliphatic rings. The van der Waals surface area contributed by atoms with Crippen LogP contribution in [0, 0.1) is 12.3 Å². The molecule has 5 nitrogen and oxygen atoms in total. The van der Waals surface area contributed by atoms with E-state index in [0.29, 0.717) is 5.71 Å². The van der Waals surface area contributed by atoms with Gasteiger partial charge in [-0.1, -0.05) is 48.5 Å². The first-order chi connectivity index (χ1) is 20.3. The molecule has 0 aliphatic carbocycles. The Morgan fingerprint density at radius 1 is 0.690 bits per heavy atom. The minimum atomic E-state index is 0.544. The van der Waals surface area contributed by atoms with Crippen molar-refractivity contribution in [1.29, 1.82) is 5.41 Å². The molecule has 8 bridgehead atoms. The molecule has 0 radical (unpaired) electrons. The van der Waals surface area contributed by atoms with E-state index in [1.807, 2.05) is 6.08 Å². The molecule has 2 aromatic rings. The summed E-state index contributed by atoms with van der Waals surface area (Å²) < 4.78 is 2.61. The quantitative estimate of drug-likeness (QED) is 0.310. The van der Waals surface area contributed by atoms with Gasteiger partial charge in [-0.15, -0.1) is 0 Å². The van der Waals surface area contributed by atoms with E-state index >= 15 is 0 Å². The summed E-state index contributed by atoms with van der Waals surface area (Å²) >= 11 is 0. The number of rotatable bonds is 8. The molecule has 42 heavy (non-hydrogen) atoms. The van der Waals surface area contributed by atoms with Crippen LogP contribution in [0.3, 0.4) is 0 Å². The van der Waals surface area contributed by atoms with Crippen LogP contribution in [-0.4, -0.2) is 21.0 Å². The first-order valence-corrected chi connectivity index (χ1v) is 16.3. The molecule has 0 saturated carbocycles. The number of H-pyrrole nitrogens is 1. The second kappa shape index (κ2) is 11.9. The molecular weight excluding hydrogens is 514 g/mol. The van der Waals surface area contributed by atoms with Gasteiger partial charge in [-0.3, -0.25) is 5.41 Å². The second-order valence-electron chi connectivity index (χ2n) is 11.5. The van der Waals surface area contributed by atoms with Crippen molar-refractivity contribution >= 4 is 28.1 Å². The van der Waals surface area contributed by atoms with Gasteiger partial charge in [0.2, 0.25) is 0 Å². The summed E-state index contributed by atoms with van der Waals surface area (Å²) in [6.07, 6.45) is 12.9. The molecular formula is C37H49N5. The molecule has 0 atom stereocenters. The van der Waals surface area contributed by atoms with Crippen LogP contribution in [0.15, 0.2) is 45.9 Å². The van der Waals surface area contributed by atoms with Gasteiger partial charge in [0.15, 0.2) is 0 Å². The van der Waals surface area contributed by atoms with Crippen LogP contribution in [0.2, 0.25) is 0 Å². The minimum Gasteiger partial charge on any atom is -0.354 e. The standard InChI is InChI=1S/C37H49N5/c1-10-22-21(9)33-27(15-6)35-29(38)20-32(40-35)25(13-4)30-18-19-31(39-30)26(14-5)36-23(11-2)24(12-3)37(42(36)17-8)28(16-7)34(22)41-33/h18-20,38,40-41H,10-17H2,1-9H3. The zero-order chi connectivity index (χ0) is 30.3. The number of allylic oxidation sites excluding steroid dienone is 5.